The van der Waals surface area contributed by atoms with E-state index in [-0.39, 0.29) is 18.0 Å². The van der Waals surface area contributed by atoms with E-state index in [2.05, 4.69) is 15.6 Å². The molecule has 0 unspecified atom stereocenters. The first kappa shape index (κ1) is 20.9. The summed E-state index contributed by atoms with van der Waals surface area (Å²) in [5.41, 5.74) is 3.14. The number of hydrogen-bond donors (Lipinski definition) is 3. The molecule has 1 amide bonds. The van der Waals surface area contributed by atoms with Crippen LogP contribution in [0.5, 0.6) is 0 Å². The average molecular weight is 422 g/mol. The summed E-state index contributed by atoms with van der Waals surface area (Å²) in [5.74, 6) is 0.404. The van der Waals surface area contributed by atoms with Crippen LogP contribution in [0.25, 0.3) is 10.8 Å². The zero-order chi connectivity index (χ0) is 22.3. The lowest BCUT2D eigenvalue weighted by molar-refractivity contribution is -0.106. The van der Waals surface area contributed by atoms with Gasteiger partial charge in [-0.25, -0.2) is 4.98 Å². The summed E-state index contributed by atoms with van der Waals surface area (Å²) in [6.45, 7) is 0.497. The molecule has 6 nitrogen and oxygen atoms in total. The lowest BCUT2D eigenvalue weighted by Crippen LogP contribution is -2.12. The maximum Gasteiger partial charge on any atom is 0.255 e. The van der Waals surface area contributed by atoms with Gasteiger partial charge in [0.2, 0.25) is 0 Å². The Morgan fingerprint density at radius 3 is 2.50 bits per heavy atom. The molecule has 158 valence electrons. The molecule has 3 N–H and O–H groups in total. The predicted molar refractivity (Wildman–Crippen MR) is 127 cm³/mol. The topological polar surface area (TPSA) is 94.9 Å². The smallest absolute Gasteiger partial charge is 0.255 e. The number of nitrogens with one attached hydrogen (secondary N) is 3. The normalized spacial score (nSPS) is 10.5. The Kier molecular flexibility index (Phi) is 6.32. The third-order valence-corrected chi connectivity index (χ3v) is 5.10. The van der Waals surface area contributed by atoms with E-state index in [1.54, 1.807) is 18.3 Å². The minimum absolute atomic E-state index is 0.0476. The van der Waals surface area contributed by atoms with Crippen molar-refractivity contribution in [1.29, 1.82) is 5.41 Å². The molecule has 0 spiro atoms. The van der Waals surface area contributed by atoms with Crippen LogP contribution in [-0.4, -0.2) is 22.9 Å². The molecule has 3 aromatic carbocycles. The molecule has 0 bridgehead atoms. The fraction of sp³-hybridized carbons (Fsp3) is 0.0769. The van der Waals surface area contributed by atoms with Gasteiger partial charge >= 0.3 is 0 Å². The van der Waals surface area contributed by atoms with E-state index in [0.717, 1.165) is 16.3 Å². The first-order chi connectivity index (χ1) is 15.6. The van der Waals surface area contributed by atoms with Crippen molar-refractivity contribution >= 4 is 40.2 Å². The minimum atomic E-state index is -0.159. The van der Waals surface area contributed by atoms with Crippen LogP contribution in [0, 0.1) is 5.41 Å². The Morgan fingerprint density at radius 2 is 1.72 bits per heavy atom. The third-order valence-electron chi connectivity index (χ3n) is 5.10. The molecule has 0 fully saturated rings. The predicted octanol–water partition coefficient (Wildman–Crippen LogP) is 5.06. The SMILES string of the molecule is N=C(CC=O)c1cccnc1NCc1ccc(NC(=O)c2ccc3ccccc3c2)cc1. The highest BCUT2D eigenvalue weighted by Crippen LogP contribution is 2.18. The molecular formula is C26H22N4O2. The lowest BCUT2D eigenvalue weighted by Gasteiger charge is -2.11. The fourth-order valence-corrected chi connectivity index (χ4v) is 3.41. The second kappa shape index (κ2) is 9.66. The van der Waals surface area contributed by atoms with Crippen LogP contribution in [0.4, 0.5) is 11.5 Å². The maximum absolute atomic E-state index is 12.6. The van der Waals surface area contributed by atoms with Gasteiger partial charge in [-0.2, -0.15) is 0 Å². The molecule has 0 saturated carbocycles. The first-order valence-electron chi connectivity index (χ1n) is 10.2. The zero-order valence-electron chi connectivity index (χ0n) is 17.3. The number of rotatable bonds is 8. The number of benzene rings is 3. The van der Waals surface area contributed by atoms with Gasteiger partial charge in [-0.05, 0) is 52.7 Å². The van der Waals surface area contributed by atoms with E-state index in [0.29, 0.717) is 35.5 Å². The lowest BCUT2D eigenvalue weighted by atomic mass is 10.1. The summed E-state index contributed by atoms with van der Waals surface area (Å²) in [6.07, 6.45) is 2.40. The maximum atomic E-state index is 12.6. The third kappa shape index (κ3) is 4.87. The van der Waals surface area contributed by atoms with Gasteiger partial charge in [0.25, 0.3) is 5.91 Å². The number of pyridine rings is 1. The number of amides is 1. The number of anilines is 2. The Balaban J connectivity index is 1.40. The van der Waals surface area contributed by atoms with Crippen LogP contribution in [-0.2, 0) is 11.3 Å². The molecule has 6 heteroatoms. The van der Waals surface area contributed by atoms with E-state index in [1.165, 1.54) is 0 Å². The van der Waals surface area contributed by atoms with Crippen LogP contribution in [0.15, 0.2) is 85.1 Å². The van der Waals surface area contributed by atoms with Gasteiger partial charge in [-0.3, -0.25) is 4.79 Å². The Hall–Kier alpha value is -4.32. The standard InChI is InChI=1S/C26H22N4O2/c27-24(13-15-31)23-6-3-14-28-25(23)29-17-18-7-11-22(12-8-18)30-26(32)21-10-9-19-4-1-2-5-20(19)16-21/h1-12,14-16,27H,13,17H2,(H,28,29)(H,30,32). The highest BCUT2D eigenvalue weighted by Gasteiger charge is 2.09. The Labute approximate surface area is 185 Å². The van der Waals surface area contributed by atoms with Gasteiger partial charge in [-0.15, -0.1) is 0 Å². The first-order valence-corrected chi connectivity index (χ1v) is 10.2. The van der Waals surface area contributed by atoms with Gasteiger partial charge < -0.3 is 20.8 Å². The monoisotopic (exact) mass is 422 g/mol. The highest BCUT2D eigenvalue weighted by atomic mass is 16.1. The number of aromatic nitrogens is 1. The summed E-state index contributed by atoms with van der Waals surface area (Å²) in [5, 5.41) is 16.3. The van der Waals surface area contributed by atoms with Crippen molar-refractivity contribution in [1.82, 2.24) is 4.98 Å². The van der Waals surface area contributed by atoms with Crippen molar-refractivity contribution in [3.05, 3.63) is 102 Å². The Bertz CT molecular complexity index is 1280. The van der Waals surface area contributed by atoms with Crippen molar-refractivity contribution in [2.75, 3.05) is 10.6 Å². The quantitative estimate of drug-likeness (QED) is 0.273. The van der Waals surface area contributed by atoms with Gasteiger partial charge in [0.15, 0.2) is 0 Å². The van der Waals surface area contributed by atoms with Crippen molar-refractivity contribution in [2.45, 2.75) is 13.0 Å². The van der Waals surface area contributed by atoms with E-state index < -0.39 is 0 Å². The largest absolute Gasteiger partial charge is 0.365 e. The van der Waals surface area contributed by atoms with Crippen molar-refractivity contribution < 1.29 is 9.59 Å². The van der Waals surface area contributed by atoms with Crippen molar-refractivity contribution in [2.24, 2.45) is 0 Å². The van der Waals surface area contributed by atoms with Gasteiger partial charge in [-0.1, -0.05) is 42.5 Å². The fourth-order valence-electron chi connectivity index (χ4n) is 3.41. The molecule has 0 aliphatic heterocycles. The van der Waals surface area contributed by atoms with Crippen molar-refractivity contribution in [3.63, 3.8) is 0 Å². The van der Waals surface area contributed by atoms with E-state index in [4.69, 9.17) is 5.41 Å². The van der Waals surface area contributed by atoms with Crippen LogP contribution in [0.3, 0.4) is 0 Å². The number of nitrogens with zero attached hydrogens (tertiary/aromatic N) is 1. The van der Waals surface area contributed by atoms with Gasteiger partial charge in [0, 0.05) is 41.7 Å². The van der Waals surface area contributed by atoms with Crippen molar-refractivity contribution in [3.8, 4) is 0 Å². The number of hydrogen-bond acceptors (Lipinski definition) is 5. The number of aldehydes is 1. The van der Waals surface area contributed by atoms with E-state index in [1.807, 2.05) is 66.7 Å². The Morgan fingerprint density at radius 1 is 0.938 bits per heavy atom. The van der Waals surface area contributed by atoms with E-state index >= 15 is 0 Å². The van der Waals surface area contributed by atoms with Gasteiger partial charge in [0.1, 0.15) is 12.1 Å². The average Bonchev–Trinajstić information content (AvgIpc) is 2.83. The van der Waals surface area contributed by atoms with Crippen LogP contribution < -0.4 is 10.6 Å². The summed E-state index contributed by atoms with van der Waals surface area (Å²) < 4.78 is 0. The molecule has 1 heterocycles. The molecule has 32 heavy (non-hydrogen) atoms. The molecule has 4 aromatic rings. The molecular weight excluding hydrogens is 400 g/mol. The minimum Gasteiger partial charge on any atom is -0.365 e. The second-order valence-electron chi connectivity index (χ2n) is 7.32. The highest BCUT2D eigenvalue weighted by molar-refractivity contribution is 6.07. The summed E-state index contributed by atoms with van der Waals surface area (Å²) in [6, 6.07) is 24.6. The van der Waals surface area contributed by atoms with E-state index in [9.17, 15) is 9.59 Å². The molecule has 0 aliphatic rings. The second-order valence-corrected chi connectivity index (χ2v) is 7.32. The summed E-state index contributed by atoms with van der Waals surface area (Å²) >= 11 is 0. The molecule has 0 atom stereocenters. The summed E-state index contributed by atoms with van der Waals surface area (Å²) in [7, 11) is 0. The number of carbonyl (C=O) groups excluding carboxylic acids is 2. The molecule has 0 saturated heterocycles. The molecule has 1 aromatic heterocycles. The number of fused-ring (bicyclic) bond motifs is 1. The number of carbonyl (C=O) groups is 2. The van der Waals surface area contributed by atoms with Crippen LogP contribution >= 0.6 is 0 Å². The molecule has 0 aliphatic carbocycles. The van der Waals surface area contributed by atoms with Crippen LogP contribution in [0.2, 0.25) is 0 Å². The van der Waals surface area contributed by atoms with Crippen LogP contribution in [0.1, 0.15) is 27.9 Å². The van der Waals surface area contributed by atoms with Gasteiger partial charge in [0.05, 0.1) is 0 Å². The molecule has 0 radical (unpaired) electrons. The summed E-state index contributed by atoms with van der Waals surface area (Å²) in [4.78, 5) is 27.6. The zero-order valence-corrected chi connectivity index (χ0v) is 17.3. The molecule has 4 rings (SSSR count).